The maximum Gasteiger partial charge on any atom is 0.211 e. The lowest BCUT2D eigenvalue weighted by molar-refractivity contribution is -0.138. The van der Waals surface area contributed by atoms with Crippen LogP contribution in [0.15, 0.2) is 84.9 Å². The van der Waals surface area contributed by atoms with E-state index in [4.69, 9.17) is 0 Å². The Labute approximate surface area is 337 Å². The van der Waals surface area contributed by atoms with Crippen molar-refractivity contribution in [1.82, 2.24) is 0 Å². The average molecular weight is 787 g/mol. The molecule has 54 heavy (non-hydrogen) atoms. The van der Waals surface area contributed by atoms with Gasteiger partial charge in [-0.2, -0.15) is 0 Å². The predicted octanol–water partition coefficient (Wildman–Crippen LogP) is 14.8. The molecule has 4 unspecified atom stereocenters. The van der Waals surface area contributed by atoms with Gasteiger partial charge in [0.1, 0.15) is 0 Å². The molecule has 0 saturated carbocycles. The largest absolute Gasteiger partial charge is 0.290 e. The van der Waals surface area contributed by atoms with Gasteiger partial charge in [0.2, 0.25) is 11.6 Å². The van der Waals surface area contributed by atoms with Crippen LogP contribution in [0.4, 0.5) is 0 Å². The lowest BCUT2D eigenvalue weighted by Crippen LogP contribution is -2.40. The summed E-state index contributed by atoms with van der Waals surface area (Å²) in [4.78, 5) is 37.8. The zero-order valence-corrected chi connectivity index (χ0v) is 35.2. The standard InChI is InChI=1S/C48H50O2S4/c1-5-9-11-29(7-3)25-33-15-19-41(51-33)43-23-21-39(53-43)31-13-17-35-37(27-31)45-36-18-14-32(28-38(36)46(35)48(50)47(45)49)40-22-24-44(54-40)42-20-16-34(52-42)26-30(8-4)12-10-6-2/h13-24,27-30,45-46H,5-12,25-26H2,1-4H3. The molecule has 4 heterocycles. The molecule has 3 aliphatic rings. The van der Waals surface area contributed by atoms with E-state index in [-0.39, 0.29) is 11.6 Å². The van der Waals surface area contributed by atoms with Crippen molar-refractivity contribution in [2.24, 2.45) is 11.8 Å². The number of carbonyl (C=O) groups is 2. The van der Waals surface area contributed by atoms with Gasteiger partial charge in [-0.05, 0) is 119 Å². The summed E-state index contributed by atoms with van der Waals surface area (Å²) in [5.41, 5.74) is 6.22. The molecule has 0 N–H and O–H groups in total. The number of hydrogen-bond acceptors (Lipinski definition) is 6. The van der Waals surface area contributed by atoms with E-state index < -0.39 is 11.8 Å². The zero-order chi connectivity index (χ0) is 37.3. The van der Waals surface area contributed by atoms with E-state index in [1.165, 1.54) is 103 Å². The molecule has 0 spiro atoms. The third kappa shape index (κ3) is 7.32. The van der Waals surface area contributed by atoms with Gasteiger partial charge in [0.05, 0.1) is 11.8 Å². The van der Waals surface area contributed by atoms with Crippen LogP contribution < -0.4 is 0 Å². The number of hydrogen-bond donors (Lipinski definition) is 0. The minimum atomic E-state index is -0.535. The van der Waals surface area contributed by atoms with Gasteiger partial charge >= 0.3 is 0 Å². The summed E-state index contributed by atoms with van der Waals surface area (Å²) in [5.74, 6) is -0.0711. The highest BCUT2D eigenvalue weighted by Crippen LogP contribution is 2.52. The van der Waals surface area contributed by atoms with Gasteiger partial charge in [0.15, 0.2) is 0 Å². The monoisotopic (exact) mass is 786 g/mol. The van der Waals surface area contributed by atoms with Crippen molar-refractivity contribution in [2.75, 3.05) is 0 Å². The summed E-state index contributed by atoms with van der Waals surface area (Å²) in [6, 6.07) is 31.1. The van der Waals surface area contributed by atoms with Gasteiger partial charge in [-0.25, -0.2) is 0 Å². The Bertz CT molecular complexity index is 2120. The fourth-order valence-corrected chi connectivity index (χ4v) is 13.0. The van der Waals surface area contributed by atoms with Gasteiger partial charge in [-0.3, -0.25) is 9.59 Å². The fraction of sp³-hybridized carbons (Fsp3) is 0.375. The molecule has 2 aromatic carbocycles. The lowest BCUT2D eigenvalue weighted by atomic mass is 9.62. The van der Waals surface area contributed by atoms with E-state index in [0.717, 1.165) is 45.2 Å². The second-order valence-corrected chi connectivity index (χ2v) is 19.9. The summed E-state index contributed by atoms with van der Waals surface area (Å²) in [6.07, 6.45) is 12.6. The number of unbranched alkanes of at least 4 members (excludes halogenated alkanes) is 2. The Kier molecular flexibility index (Phi) is 11.4. The highest BCUT2D eigenvalue weighted by molar-refractivity contribution is 7.24. The molecule has 4 aromatic heterocycles. The normalized spacial score (nSPS) is 17.2. The molecule has 0 radical (unpaired) electrons. The van der Waals surface area contributed by atoms with Crippen molar-refractivity contribution in [3.8, 4) is 40.4 Å². The van der Waals surface area contributed by atoms with E-state index in [1.807, 2.05) is 45.3 Å². The van der Waals surface area contributed by atoms with E-state index in [2.05, 4.69) is 113 Å². The maximum absolute atomic E-state index is 13.6. The second kappa shape index (κ2) is 16.4. The summed E-state index contributed by atoms with van der Waals surface area (Å²) in [7, 11) is 0. The Hall–Kier alpha value is -3.42. The first kappa shape index (κ1) is 37.5. The van der Waals surface area contributed by atoms with Gasteiger partial charge < -0.3 is 0 Å². The van der Waals surface area contributed by atoms with E-state index in [9.17, 15) is 9.59 Å². The molecule has 3 aliphatic carbocycles. The van der Waals surface area contributed by atoms with Crippen molar-refractivity contribution >= 4 is 56.9 Å². The van der Waals surface area contributed by atoms with E-state index in [1.54, 1.807) is 0 Å². The van der Waals surface area contributed by atoms with Crippen molar-refractivity contribution < 1.29 is 9.59 Å². The quantitative estimate of drug-likeness (QED) is 0.0916. The first-order valence-corrected chi connectivity index (χ1v) is 23.4. The first-order valence-electron chi connectivity index (χ1n) is 20.1. The molecule has 0 amide bonds. The Balaban J connectivity index is 1.02. The molecule has 0 saturated heterocycles. The van der Waals surface area contributed by atoms with Crippen LogP contribution in [-0.2, 0) is 22.4 Å². The highest BCUT2D eigenvalue weighted by atomic mass is 32.1. The summed E-state index contributed by atoms with van der Waals surface area (Å²) in [6.45, 7) is 9.20. The molecule has 6 heteroatoms. The molecule has 278 valence electrons. The first-order chi connectivity index (χ1) is 26.4. The highest BCUT2D eigenvalue weighted by Gasteiger charge is 2.49. The third-order valence-electron chi connectivity index (χ3n) is 11.8. The topological polar surface area (TPSA) is 34.1 Å². The predicted molar refractivity (Wildman–Crippen MR) is 234 cm³/mol. The van der Waals surface area contributed by atoms with Crippen LogP contribution in [0.25, 0.3) is 40.4 Å². The Morgan fingerprint density at radius 1 is 0.463 bits per heavy atom. The fourth-order valence-electron chi connectivity index (χ4n) is 8.61. The number of thiophene rings is 4. The molecule has 0 fully saturated rings. The van der Waals surface area contributed by atoms with Crippen molar-refractivity contribution in [3.63, 3.8) is 0 Å². The lowest BCUT2D eigenvalue weighted by Gasteiger charge is -2.38. The van der Waals surface area contributed by atoms with Crippen LogP contribution in [0, 0.1) is 11.8 Å². The number of ketones is 2. The van der Waals surface area contributed by atoms with E-state index in [0.29, 0.717) is 0 Å². The van der Waals surface area contributed by atoms with Gasteiger partial charge in [0.25, 0.3) is 0 Å². The molecule has 4 atom stereocenters. The number of Topliss-reactive ketones (excluding diaryl/α,β-unsaturated/α-hetero) is 2. The zero-order valence-electron chi connectivity index (χ0n) is 31.9. The Morgan fingerprint density at radius 2 is 0.852 bits per heavy atom. The molecule has 2 bridgehead atoms. The number of fused-ring (bicyclic) bond motifs is 1. The second-order valence-electron chi connectivity index (χ2n) is 15.4. The average Bonchev–Trinajstić information content (AvgIpc) is 4.03. The molecule has 9 rings (SSSR count). The van der Waals surface area contributed by atoms with Gasteiger partial charge in [0, 0.05) is 39.0 Å². The van der Waals surface area contributed by atoms with Crippen molar-refractivity contribution in [3.05, 3.63) is 117 Å². The van der Waals surface area contributed by atoms with Gasteiger partial charge in [-0.1, -0.05) is 103 Å². The number of benzene rings is 2. The van der Waals surface area contributed by atoms with Crippen LogP contribution >= 0.6 is 45.3 Å². The molecular weight excluding hydrogens is 737 g/mol. The van der Waals surface area contributed by atoms with Crippen LogP contribution in [0.1, 0.15) is 123 Å². The third-order valence-corrected chi connectivity index (χ3v) is 16.7. The van der Waals surface area contributed by atoms with Crippen LogP contribution in [0.3, 0.4) is 0 Å². The minimum Gasteiger partial charge on any atom is -0.290 e. The number of rotatable bonds is 16. The Morgan fingerprint density at radius 3 is 1.26 bits per heavy atom. The maximum atomic E-state index is 13.6. The smallest absolute Gasteiger partial charge is 0.211 e. The summed E-state index contributed by atoms with van der Waals surface area (Å²) in [5, 5.41) is 0. The number of carbonyl (C=O) groups excluding carboxylic acids is 2. The van der Waals surface area contributed by atoms with Crippen LogP contribution in [0.2, 0.25) is 0 Å². The summed E-state index contributed by atoms with van der Waals surface area (Å²) < 4.78 is 0. The SMILES string of the molecule is CCCCC(CC)Cc1ccc(-c2ccc(-c3ccc4c(c3)C3C(=O)C(=O)C4c4cc(-c5ccc(-c6ccc(CC(CC)CCCC)s6)s5)ccc43)s2)s1. The molecule has 0 aliphatic heterocycles. The molecule has 2 nitrogen and oxygen atoms in total. The van der Waals surface area contributed by atoms with Crippen LogP contribution in [0.5, 0.6) is 0 Å². The van der Waals surface area contributed by atoms with Crippen molar-refractivity contribution in [2.45, 2.75) is 104 Å². The molecule has 6 aromatic rings. The van der Waals surface area contributed by atoms with E-state index >= 15 is 0 Å². The van der Waals surface area contributed by atoms with Crippen LogP contribution in [-0.4, -0.2) is 11.6 Å². The summed E-state index contributed by atoms with van der Waals surface area (Å²) >= 11 is 7.50. The minimum absolute atomic E-state index is 0.265. The van der Waals surface area contributed by atoms with Gasteiger partial charge in [-0.15, -0.1) is 45.3 Å². The molecular formula is C48H50O2S4. The van der Waals surface area contributed by atoms with Crippen molar-refractivity contribution in [1.29, 1.82) is 0 Å².